The Kier molecular flexibility index (Phi) is 4.77. The maximum absolute atomic E-state index is 12.0. The number of ketones is 1. The largest absolute Gasteiger partial charge is 0.507 e. The number of carbonyl (C=O) groups is 1. The Balaban J connectivity index is 1.58. The molecule has 4 heteroatoms. The van der Waals surface area contributed by atoms with Gasteiger partial charge in [-0.25, -0.2) is 0 Å². The van der Waals surface area contributed by atoms with Crippen LogP contribution in [-0.2, 0) is 0 Å². The molecule has 0 heterocycles. The third-order valence-electron chi connectivity index (χ3n) is 3.38. The highest BCUT2D eigenvalue weighted by molar-refractivity contribution is 5.99. The van der Waals surface area contributed by atoms with E-state index in [4.69, 9.17) is 9.47 Å². The van der Waals surface area contributed by atoms with Crippen molar-refractivity contribution in [1.29, 1.82) is 0 Å². The van der Waals surface area contributed by atoms with Crippen LogP contribution in [0.1, 0.15) is 10.4 Å². The van der Waals surface area contributed by atoms with E-state index < -0.39 is 0 Å². The van der Waals surface area contributed by atoms with Gasteiger partial charge in [-0.15, -0.1) is 0 Å². The first-order chi connectivity index (χ1) is 11.7. The maximum atomic E-state index is 12.0. The molecule has 0 atom stereocenters. The number of hydrogen-bond donors (Lipinski definition) is 1. The van der Waals surface area contributed by atoms with Gasteiger partial charge in [-0.05, 0) is 48.5 Å². The Morgan fingerprint density at radius 1 is 0.750 bits per heavy atom. The van der Waals surface area contributed by atoms with Gasteiger partial charge >= 0.3 is 0 Å². The molecule has 0 aliphatic rings. The standard InChI is InChI=1S/C20H16O4/c21-19-9-5-4-8-18(19)20(22)14-23-15-10-12-17(13-11-15)24-16-6-2-1-3-7-16/h1-13,21H,14H2. The van der Waals surface area contributed by atoms with E-state index in [1.807, 2.05) is 30.3 Å². The topological polar surface area (TPSA) is 55.8 Å². The lowest BCUT2D eigenvalue weighted by Crippen LogP contribution is -2.11. The second-order valence-corrected chi connectivity index (χ2v) is 5.12. The molecular weight excluding hydrogens is 304 g/mol. The summed E-state index contributed by atoms with van der Waals surface area (Å²) in [6.45, 7) is -0.142. The first-order valence-electron chi connectivity index (χ1n) is 7.49. The molecule has 3 aromatic carbocycles. The third-order valence-corrected chi connectivity index (χ3v) is 3.38. The molecule has 0 fully saturated rings. The van der Waals surface area contributed by atoms with Crippen molar-refractivity contribution in [3.8, 4) is 23.0 Å². The summed E-state index contributed by atoms with van der Waals surface area (Å²) in [5.74, 6) is 1.66. The van der Waals surface area contributed by atoms with Crippen molar-refractivity contribution in [2.45, 2.75) is 0 Å². The van der Waals surface area contributed by atoms with Gasteiger partial charge in [-0.2, -0.15) is 0 Å². The first-order valence-corrected chi connectivity index (χ1v) is 7.49. The number of para-hydroxylation sites is 2. The molecule has 0 aromatic heterocycles. The predicted octanol–water partition coefficient (Wildman–Crippen LogP) is 4.45. The first kappa shape index (κ1) is 15.6. The molecule has 120 valence electrons. The summed E-state index contributed by atoms with van der Waals surface area (Å²) in [4.78, 5) is 12.0. The normalized spacial score (nSPS) is 10.2. The summed E-state index contributed by atoms with van der Waals surface area (Å²) in [5, 5.41) is 9.66. The van der Waals surface area contributed by atoms with Crippen molar-refractivity contribution in [1.82, 2.24) is 0 Å². The van der Waals surface area contributed by atoms with Crippen LogP contribution in [0.15, 0.2) is 78.9 Å². The van der Waals surface area contributed by atoms with E-state index in [9.17, 15) is 9.90 Å². The molecule has 0 unspecified atom stereocenters. The monoisotopic (exact) mass is 320 g/mol. The van der Waals surface area contributed by atoms with Crippen LogP contribution in [0.25, 0.3) is 0 Å². The van der Waals surface area contributed by atoms with Crippen LogP contribution in [-0.4, -0.2) is 17.5 Å². The molecule has 0 aliphatic carbocycles. The second-order valence-electron chi connectivity index (χ2n) is 5.12. The molecule has 0 radical (unpaired) electrons. The van der Waals surface area contributed by atoms with Crippen LogP contribution < -0.4 is 9.47 Å². The number of ether oxygens (including phenoxy) is 2. The van der Waals surface area contributed by atoms with Crippen LogP contribution in [0.2, 0.25) is 0 Å². The fourth-order valence-corrected chi connectivity index (χ4v) is 2.16. The van der Waals surface area contributed by atoms with Crippen LogP contribution in [0, 0.1) is 0 Å². The number of carbonyl (C=O) groups excluding carboxylic acids is 1. The predicted molar refractivity (Wildman–Crippen MR) is 90.9 cm³/mol. The zero-order valence-electron chi connectivity index (χ0n) is 12.9. The molecule has 3 aromatic rings. The van der Waals surface area contributed by atoms with Crippen molar-refractivity contribution < 1.29 is 19.4 Å². The lowest BCUT2D eigenvalue weighted by Gasteiger charge is -2.08. The number of benzene rings is 3. The van der Waals surface area contributed by atoms with Gasteiger partial charge in [0.2, 0.25) is 5.78 Å². The van der Waals surface area contributed by atoms with Crippen molar-refractivity contribution in [2.75, 3.05) is 6.61 Å². The molecule has 0 spiro atoms. The minimum atomic E-state index is -0.280. The summed E-state index contributed by atoms with van der Waals surface area (Å²) < 4.78 is 11.2. The van der Waals surface area contributed by atoms with Crippen molar-refractivity contribution in [3.63, 3.8) is 0 Å². The Morgan fingerprint density at radius 3 is 2.04 bits per heavy atom. The number of Topliss-reactive ketones (excluding diaryl/α,β-unsaturated/α-hetero) is 1. The average Bonchev–Trinajstić information content (AvgIpc) is 2.62. The Bertz CT molecular complexity index is 811. The molecule has 0 saturated carbocycles. The smallest absolute Gasteiger partial charge is 0.203 e. The highest BCUT2D eigenvalue weighted by atomic mass is 16.5. The zero-order valence-corrected chi connectivity index (χ0v) is 12.9. The van der Waals surface area contributed by atoms with Gasteiger partial charge in [0.15, 0.2) is 6.61 Å². The molecule has 0 bridgehead atoms. The number of phenols is 1. The number of rotatable bonds is 6. The minimum Gasteiger partial charge on any atom is -0.507 e. The zero-order chi connectivity index (χ0) is 16.8. The van der Waals surface area contributed by atoms with Gasteiger partial charge in [0.1, 0.15) is 23.0 Å². The van der Waals surface area contributed by atoms with E-state index in [1.165, 1.54) is 6.07 Å². The van der Waals surface area contributed by atoms with Gasteiger partial charge < -0.3 is 14.6 Å². The fourth-order valence-electron chi connectivity index (χ4n) is 2.16. The van der Waals surface area contributed by atoms with Gasteiger partial charge in [0, 0.05) is 0 Å². The lowest BCUT2D eigenvalue weighted by atomic mass is 10.1. The summed E-state index contributed by atoms with van der Waals surface area (Å²) in [6, 6.07) is 22.9. The Hall–Kier alpha value is -3.27. The van der Waals surface area contributed by atoms with E-state index in [0.29, 0.717) is 11.5 Å². The summed E-state index contributed by atoms with van der Waals surface area (Å²) in [6.07, 6.45) is 0. The molecule has 0 amide bonds. The molecule has 3 rings (SSSR count). The van der Waals surface area contributed by atoms with Crippen molar-refractivity contribution >= 4 is 5.78 Å². The molecular formula is C20H16O4. The van der Waals surface area contributed by atoms with Gasteiger partial charge in [0.05, 0.1) is 5.56 Å². The second kappa shape index (κ2) is 7.33. The SMILES string of the molecule is O=C(COc1ccc(Oc2ccccc2)cc1)c1ccccc1O. The van der Waals surface area contributed by atoms with Crippen molar-refractivity contribution in [2.24, 2.45) is 0 Å². The average molecular weight is 320 g/mol. The van der Waals surface area contributed by atoms with Gasteiger partial charge in [0.25, 0.3) is 0 Å². The number of hydrogen-bond acceptors (Lipinski definition) is 4. The van der Waals surface area contributed by atoms with Crippen LogP contribution >= 0.6 is 0 Å². The van der Waals surface area contributed by atoms with Crippen LogP contribution in [0.5, 0.6) is 23.0 Å². The lowest BCUT2D eigenvalue weighted by molar-refractivity contribution is 0.0919. The summed E-state index contributed by atoms with van der Waals surface area (Å²) in [7, 11) is 0. The van der Waals surface area contributed by atoms with Gasteiger partial charge in [-0.3, -0.25) is 4.79 Å². The van der Waals surface area contributed by atoms with E-state index in [2.05, 4.69) is 0 Å². The van der Waals surface area contributed by atoms with E-state index in [1.54, 1.807) is 42.5 Å². The van der Waals surface area contributed by atoms with Crippen LogP contribution in [0.4, 0.5) is 0 Å². The Labute approximate surface area is 139 Å². The number of aromatic hydroxyl groups is 1. The minimum absolute atomic E-state index is 0.0438. The molecule has 24 heavy (non-hydrogen) atoms. The van der Waals surface area contributed by atoms with Gasteiger partial charge in [-0.1, -0.05) is 30.3 Å². The summed E-state index contributed by atoms with van der Waals surface area (Å²) >= 11 is 0. The van der Waals surface area contributed by atoms with E-state index in [0.717, 1.165) is 5.75 Å². The van der Waals surface area contributed by atoms with Crippen molar-refractivity contribution in [3.05, 3.63) is 84.4 Å². The van der Waals surface area contributed by atoms with E-state index in [-0.39, 0.29) is 23.7 Å². The Morgan fingerprint density at radius 2 is 1.33 bits per heavy atom. The summed E-state index contributed by atoms with van der Waals surface area (Å²) in [5.41, 5.74) is 0.251. The highest BCUT2D eigenvalue weighted by Crippen LogP contribution is 2.24. The van der Waals surface area contributed by atoms with Crippen LogP contribution in [0.3, 0.4) is 0 Å². The molecule has 4 nitrogen and oxygen atoms in total. The highest BCUT2D eigenvalue weighted by Gasteiger charge is 2.11. The fraction of sp³-hybridized carbons (Fsp3) is 0.0500. The number of phenolic OH excluding ortho intramolecular Hbond substituents is 1. The molecule has 0 saturated heterocycles. The van der Waals surface area contributed by atoms with E-state index >= 15 is 0 Å². The molecule has 1 N–H and O–H groups in total. The molecule has 0 aliphatic heterocycles. The third kappa shape index (κ3) is 3.93. The quantitative estimate of drug-likeness (QED) is 0.682. The maximum Gasteiger partial charge on any atom is 0.203 e.